The molecule has 0 amide bonds. The van der Waals surface area contributed by atoms with Gasteiger partial charge in [-0.2, -0.15) is 0 Å². The van der Waals surface area contributed by atoms with Crippen LogP contribution in [-0.4, -0.2) is 24.6 Å². The van der Waals surface area contributed by atoms with E-state index in [1.807, 2.05) is 4.74 Å². The molecule has 0 radical (unpaired) electrons. The average molecular weight is 158 g/mol. The van der Waals surface area contributed by atoms with Gasteiger partial charge >= 0.3 is 0 Å². The van der Waals surface area contributed by atoms with E-state index in [-0.39, 0.29) is 0 Å². The summed E-state index contributed by atoms with van der Waals surface area (Å²) in [6, 6.07) is 0. The maximum atomic E-state index is 5.13. The van der Waals surface area contributed by atoms with Crippen LogP contribution in [0.2, 0.25) is 0 Å². The molecule has 0 fully saturated rings. The van der Waals surface area contributed by atoms with E-state index in [0.717, 1.165) is 13.0 Å². The highest BCUT2D eigenvalue weighted by atomic mass is 16.6. The van der Waals surface area contributed by atoms with Crippen LogP contribution in [0.5, 0.6) is 0 Å². The number of hydrogen-bond acceptors (Lipinski definition) is 1. The number of rotatable bonds is 6. The van der Waals surface area contributed by atoms with Gasteiger partial charge in [0.1, 0.15) is 7.11 Å². The highest BCUT2D eigenvalue weighted by Gasteiger charge is 1.99. The van der Waals surface area contributed by atoms with Gasteiger partial charge in [-0.25, -0.2) is 0 Å². The van der Waals surface area contributed by atoms with E-state index in [1.54, 1.807) is 7.11 Å². The van der Waals surface area contributed by atoms with Gasteiger partial charge in [0.05, 0.1) is 0 Å². The van der Waals surface area contributed by atoms with Crippen molar-refractivity contribution in [2.75, 3.05) is 13.7 Å². The lowest BCUT2D eigenvalue weighted by molar-refractivity contribution is -0.777. The molecule has 11 heavy (non-hydrogen) atoms. The zero-order valence-corrected chi connectivity index (χ0v) is 7.97. The fraction of sp³-hybridized carbons (Fsp3) is 0.889. The summed E-state index contributed by atoms with van der Waals surface area (Å²) in [5, 5.41) is 0. The molecular formula is C9H20NO+. The van der Waals surface area contributed by atoms with Crippen LogP contribution in [0.3, 0.4) is 0 Å². The molecule has 0 saturated heterocycles. The molecule has 0 aromatic heterocycles. The molecule has 2 heteroatoms. The molecule has 0 N–H and O–H groups in total. The summed E-state index contributed by atoms with van der Waals surface area (Å²) < 4.78 is 1.92. The van der Waals surface area contributed by atoms with E-state index in [0.29, 0.717) is 0 Å². The van der Waals surface area contributed by atoms with Gasteiger partial charge in [-0.15, -0.1) is 0 Å². The monoisotopic (exact) mass is 158 g/mol. The second-order valence-corrected chi connectivity index (χ2v) is 2.65. The number of hydroxylamine groups is 1. The van der Waals surface area contributed by atoms with Crippen molar-refractivity contribution >= 4 is 6.21 Å². The van der Waals surface area contributed by atoms with Gasteiger partial charge in [-0.05, 0) is 17.6 Å². The average Bonchev–Trinajstić information content (AvgIpc) is 2.05. The lowest BCUT2D eigenvalue weighted by Gasteiger charge is -1.96. The Morgan fingerprint density at radius 1 is 1.27 bits per heavy atom. The van der Waals surface area contributed by atoms with Crippen LogP contribution in [0.4, 0.5) is 0 Å². The molecule has 0 unspecified atom stereocenters. The van der Waals surface area contributed by atoms with Crippen molar-refractivity contribution in [2.24, 2.45) is 0 Å². The molecule has 0 heterocycles. The summed E-state index contributed by atoms with van der Waals surface area (Å²) in [6.07, 6.45) is 6.84. The highest BCUT2D eigenvalue weighted by Crippen LogP contribution is 1.89. The molecule has 0 aromatic rings. The van der Waals surface area contributed by atoms with E-state index < -0.39 is 0 Å². The molecule has 66 valence electrons. The normalized spacial score (nSPS) is 11.7. The second kappa shape index (κ2) is 7.58. The van der Waals surface area contributed by atoms with Crippen LogP contribution in [0.15, 0.2) is 0 Å². The lowest BCUT2D eigenvalue weighted by atomic mass is 10.3. The fourth-order valence-corrected chi connectivity index (χ4v) is 0.844. The summed E-state index contributed by atoms with van der Waals surface area (Å²) >= 11 is 0. The largest absolute Gasteiger partial charge is 0.281 e. The standard InChI is InChI=1S/C9H20NO/c1-4-6-8-10(11-3)9-7-5-2/h8H,4-7,9H2,1-3H3/q+1/b10-8-. The Bertz CT molecular complexity index is 110. The molecule has 0 aromatic carbocycles. The molecule has 2 nitrogen and oxygen atoms in total. The molecule has 0 bridgehead atoms. The van der Waals surface area contributed by atoms with Crippen LogP contribution in [0.1, 0.15) is 39.5 Å². The first-order chi connectivity index (χ1) is 5.35. The van der Waals surface area contributed by atoms with E-state index in [1.165, 1.54) is 19.3 Å². The van der Waals surface area contributed by atoms with Gasteiger partial charge in [0, 0.05) is 12.8 Å². The molecular weight excluding hydrogens is 138 g/mol. The summed E-state index contributed by atoms with van der Waals surface area (Å²) in [6.45, 7) is 5.38. The van der Waals surface area contributed by atoms with Gasteiger partial charge in [-0.1, -0.05) is 13.8 Å². The van der Waals surface area contributed by atoms with Crippen LogP contribution < -0.4 is 0 Å². The van der Waals surface area contributed by atoms with Crippen LogP contribution in [0.25, 0.3) is 0 Å². The molecule has 0 aliphatic heterocycles. The first-order valence-electron chi connectivity index (χ1n) is 4.49. The third-order valence-corrected chi connectivity index (χ3v) is 1.59. The number of hydrogen-bond donors (Lipinski definition) is 0. The first-order valence-corrected chi connectivity index (χ1v) is 4.49. The van der Waals surface area contributed by atoms with Crippen molar-refractivity contribution in [1.29, 1.82) is 0 Å². The second-order valence-electron chi connectivity index (χ2n) is 2.65. The van der Waals surface area contributed by atoms with Crippen molar-refractivity contribution in [3.63, 3.8) is 0 Å². The zero-order chi connectivity index (χ0) is 8.53. The molecule has 0 aliphatic rings. The van der Waals surface area contributed by atoms with Crippen LogP contribution in [-0.2, 0) is 4.84 Å². The summed E-state index contributed by atoms with van der Waals surface area (Å²) in [4.78, 5) is 5.13. The summed E-state index contributed by atoms with van der Waals surface area (Å²) in [5.41, 5.74) is 0. The Morgan fingerprint density at radius 3 is 2.45 bits per heavy atom. The smallest absolute Gasteiger partial charge is 0.192 e. The maximum Gasteiger partial charge on any atom is 0.192 e. The quantitative estimate of drug-likeness (QED) is 0.328. The third kappa shape index (κ3) is 5.89. The molecule has 0 saturated carbocycles. The SMILES string of the molecule is CCC/C=[N+](/CCCC)OC. The zero-order valence-electron chi connectivity index (χ0n) is 7.97. The predicted molar refractivity (Wildman–Crippen MR) is 48.0 cm³/mol. The third-order valence-electron chi connectivity index (χ3n) is 1.59. The molecule has 0 rings (SSSR count). The Balaban J connectivity index is 3.55. The topological polar surface area (TPSA) is 12.2 Å². The van der Waals surface area contributed by atoms with Crippen molar-refractivity contribution in [3.05, 3.63) is 0 Å². The molecule has 0 atom stereocenters. The van der Waals surface area contributed by atoms with E-state index in [2.05, 4.69) is 20.1 Å². The molecule has 0 spiro atoms. The van der Waals surface area contributed by atoms with Crippen molar-refractivity contribution in [2.45, 2.75) is 39.5 Å². The minimum Gasteiger partial charge on any atom is -0.281 e. The lowest BCUT2D eigenvalue weighted by Crippen LogP contribution is -2.13. The van der Waals surface area contributed by atoms with Gasteiger partial charge < -0.3 is 0 Å². The van der Waals surface area contributed by atoms with Gasteiger partial charge in [0.25, 0.3) is 0 Å². The van der Waals surface area contributed by atoms with Gasteiger partial charge in [-0.3, -0.25) is 4.84 Å². The number of unbranched alkanes of at least 4 members (excludes halogenated alkanes) is 2. The van der Waals surface area contributed by atoms with E-state index in [9.17, 15) is 0 Å². The first kappa shape index (κ1) is 10.5. The van der Waals surface area contributed by atoms with E-state index in [4.69, 9.17) is 4.84 Å². The van der Waals surface area contributed by atoms with Crippen molar-refractivity contribution in [1.82, 2.24) is 0 Å². The number of nitrogens with zero attached hydrogens (tertiary/aromatic N) is 1. The maximum absolute atomic E-state index is 5.13. The summed E-state index contributed by atoms with van der Waals surface area (Å²) in [7, 11) is 1.72. The van der Waals surface area contributed by atoms with Crippen molar-refractivity contribution < 1.29 is 9.58 Å². The minimum atomic E-state index is 1.02. The van der Waals surface area contributed by atoms with Crippen LogP contribution in [0, 0.1) is 0 Å². The Labute approximate surface area is 69.8 Å². The highest BCUT2D eigenvalue weighted by molar-refractivity contribution is 5.50. The van der Waals surface area contributed by atoms with Gasteiger partial charge in [0.2, 0.25) is 0 Å². The Hall–Kier alpha value is -0.530. The van der Waals surface area contributed by atoms with Gasteiger partial charge in [0.15, 0.2) is 12.8 Å². The molecule has 0 aliphatic carbocycles. The van der Waals surface area contributed by atoms with Crippen LogP contribution >= 0.6 is 0 Å². The Kier molecular flexibility index (Phi) is 7.21. The Morgan fingerprint density at radius 2 is 2.00 bits per heavy atom. The van der Waals surface area contributed by atoms with E-state index >= 15 is 0 Å². The summed E-state index contributed by atoms with van der Waals surface area (Å²) in [5.74, 6) is 0. The minimum absolute atomic E-state index is 1.02. The van der Waals surface area contributed by atoms with Crippen molar-refractivity contribution in [3.8, 4) is 0 Å². The fourth-order valence-electron chi connectivity index (χ4n) is 0.844. The predicted octanol–water partition coefficient (Wildman–Crippen LogP) is 2.23.